The molecule has 1 fully saturated rings. The maximum Gasteiger partial charge on any atom is 0.306 e. The third kappa shape index (κ3) is 49.0. The molecule has 6 N–H and O–H groups in total. The van der Waals surface area contributed by atoms with E-state index >= 15 is 0 Å². The molecule has 0 radical (unpaired) electrons. The molecule has 1 rings (SSSR count). The monoisotopic (exact) mass is 1210 g/mol. The Morgan fingerprint density at radius 1 is 0.453 bits per heavy atom. The highest BCUT2D eigenvalue weighted by Crippen LogP contribution is 2.26. The first-order valence-corrected chi connectivity index (χ1v) is 36.2. The molecular formula is C75H135NO10. The maximum atomic E-state index is 13.5. The maximum absolute atomic E-state index is 13.5. The zero-order valence-electron chi connectivity index (χ0n) is 55.7. The van der Waals surface area contributed by atoms with E-state index in [4.69, 9.17) is 14.2 Å². The topological polar surface area (TPSA) is 175 Å². The second-order valence-corrected chi connectivity index (χ2v) is 25.0. The normalized spacial score (nSPS) is 18.7. The Morgan fingerprint density at radius 2 is 0.802 bits per heavy atom. The van der Waals surface area contributed by atoms with Crippen molar-refractivity contribution in [2.24, 2.45) is 0 Å². The second kappa shape index (κ2) is 62.3. The molecule has 1 saturated heterocycles. The van der Waals surface area contributed by atoms with Gasteiger partial charge in [-0.1, -0.05) is 299 Å². The largest absolute Gasteiger partial charge is 0.454 e. The molecule has 0 spiro atoms. The van der Waals surface area contributed by atoms with Crippen molar-refractivity contribution in [2.75, 3.05) is 13.2 Å². The van der Waals surface area contributed by atoms with Crippen molar-refractivity contribution in [2.45, 2.75) is 378 Å². The molecule has 0 aromatic heterocycles. The second-order valence-electron chi connectivity index (χ2n) is 25.0. The lowest BCUT2D eigenvalue weighted by Gasteiger charge is -2.41. The Bertz CT molecular complexity index is 1680. The Hall–Kier alpha value is -2.90. The number of hydrogen-bond donors (Lipinski definition) is 6. The van der Waals surface area contributed by atoms with Crippen LogP contribution in [0.2, 0.25) is 0 Å². The van der Waals surface area contributed by atoms with Crippen molar-refractivity contribution >= 4 is 11.9 Å². The summed E-state index contributed by atoms with van der Waals surface area (Å²) in [7, 11) is 0. The summed E-state index contributed by atoms with van der Waals surface area (Å²) in [6.45, 7) is 5.77. The summed E-state index contributed by atoms with van der Waals surface area (Å²) in [5, 5.41) is 57.2. The van der Waals surface area contributed by atoms with Crippen molar-refractivity contribution in [1.29, 1.82) is 0 Å². The van der Waals surface area contributed by atoms with Gasteiger partial charge >= 0.3 is 5.97 Å². The molecule has 11 heteroatoms. The van der Waals surface area contributed by atoms with Gasteiger partial charge in [0.15, 0.2) is 12.4 Å². The predicted molar refractivity (Wildman–Crippen MR) is 361 cm³/mol. The molecule has 0 aliphatic carbocycles. The average Bonchev–Trinajstić information content (AvgIpc) is 3.01. The van der Waals surface area contributed by atoms with Crippen molar-refractivity contribution in [3.05, 3.63) is 72.9 Å². The van der Waals surface area contributed by atoms with Crippen LogP contribution in [-0.4, -0.2) is 99.6 Å². The number of unbranched alkanes of at least 4 members (excludes halogenated alkanes) is 38. The lowest BCUT2D eigenvalue weighted by atomic mass is 9.99. The van der Waals surface area contributed by atoms with E-state index in [1.165, 1.54) is 205 Å². The standard InChI is InChI=1S/C75H135NO10/c1-4-7-10-13-16-19-22-25-27-29-31-32-33-34-35-36-37-39-40-42-44-47-50-53-56-59-62-68(79)74(83)76-66(67(78)61-58-55-52-49-46-24-21-18-15-12-9-6-3)65-84-75-73(72(82)71(81)69(64-77)85-75)86-70(80)63-60-57-54-51-48-45-43-41-38-30-28-26-23-20-17-14-11-8-5-2/h17,20,25-28,38,41,45,48,58,61,66-69,71-73,75,77-79,81-82H,4-16,18-19,21-24,29-37,39-40,42-44,46-47,49-57,59-60,62-65H2,1-3H3,(H,76,83)/b20-17-,27-25+,28-26-,41-38-,48-45-,61-58+. The number of hydrogen-bond acceptors (Lipinski definition) is 10. The van der Waals surface area contributed by atoms with E-state index in [0.29, 0.717) is 12.8 Å². The number of carbonyl (C=O) groups is 2. The van der Waals surface area contributed by atoms with Crippen LogP contribution >= 0.6 is 0 Å². The van der Waals surface area contributed by atoms with E-state index in [-0.39, 0.29) is 19.4 Å². The van der Waals surface area contributed by atoms with Crippen LogP contribution in [0.4, 0.5) is 0 Å². The number of carbonyl (C=O) groups excluding carboxylic acids is 2. The smallest absolute Gasteiger partial charge is 0.306 e. The summed E-state index contributed by atoms with van der Waals surface area (Å²) < 4.78 is 17.7. The van der Waals surface area contributed by atoms with Crippen LogP contribution in [0.5, 0.6) is 0 Å². The third-order valence-electron chi connectivity index (χ3n) is 16.8. The molecule has 86 heavy (non-hydrogen) atoms. The SMILES string of the molecule is CCCCC/C=C\C/C=C\C/C=C\C/C=C\CCCCCC(=O)OC1C(OCC(NC(=O)C(O)CCCCCCCCCCCCCCCCCC/C=C/CCCCCCCC)C(O)/C=C/CCCCCCCCCCCC)OC(CO)C(O)C1O. The molecule has 1 heterocycles. The van der Waals surface area contributed by atoms with Gasteiger partial charge in [-0.3, -0.25) is 9.59 Å². The van der Waals surface area contributed by atoms with Crippen molar-refractivity contribution in [1.82, 2.24) is 5.32 Å². The number of nitrogens with one attached hydrogen (secondary N) is 1. The fraction of sp³-hybridized carbons (Fsp3) is 0.813. The molecule has 8 unspecified atom stereocenters. The third-order valence-corrected chi connectivity index (χ3v) is 16.8. The first-order valence-electron chi connectivity index (χ1n) is 36.2. The zero-order chi connectivity index (χ0) is 62.4. The Morgan fingerprint density at radius 3 is 1.23 bits per heavy atom. The highest BCUT2D eigenvalue weighted by atomic mass is 16.7. The van der Waals surface area contributed by atoms with E-state index in [9.17, 15) is 35.1 Å². The number of rotatable bonds is 62. The Labute approximate surface area is 528 Å². The highest BCUT2D eigenvalue weighted by molar-refractivity contribution is 5.80. The van der Waals surface area contributed by atoms with Gasteiger partial charge in [-0.15, -0.1) is 0 Å². The summed E-state index contributed by atoms with van der Waals surface area (Å²) in [5.41, 5.74) is 0. The van der Waals surface area contributed by atoms with E-state index in [1.807, 2.05) is 6.08 Å². The molecule has 1 amide bonds. The number of aliphatic hydroxyl groups excluding tert-OH is 5. The molecule has 1 aliphatic rings. The van der Waals surface area contributed by atoms with E-state index in [1.54, 1.807) is 6.08 Å². The Kier molecular flexibility index (Phi) is 58.8. The quantitative estimate of drug-likeness (QED) is 0.0195. The summed E-state index contributed by atoms with van der Waals surface area (Å²) >= 11 is 0. The summed E-state index contributed by atoms with van der Waals surface area (Å²) in [6, 6.07) is -1.03. The highest BCUT2D eigenvalue weighted by Gasteiger charge is 2.47. The minimum Gasteiger partial charge on any atom is -0.454 e. The number of esters is 1. The molecule has 500 valence electrons. The van der Waals surface area contributed by atoms with Gasteiger partial charge < -0.3 is 45.1 Å². The number of allylic oxidation sites excluding steroid dienone is 11. The number of amides is 1. The Balaban J connectivity index is 2.57. The van der Waals surface area contributed by atoms with Crippen LogP contribution in [0.3, 0.4) is 0 Å². The van der Waals surface area contributed by atoms with Gasteiger partial charge in [-0.25, -0.2) is 0 Å². The van der Waals surface area contributed by atoms with Gasteiger partial charge in [0.25, 0.3) is 0 Å². The fourth-order valence-corrected chi connectivity index (χ4v) is 11.1. The molecule has 0 saturated carbocycles. The molecular weight excluding hydrogens is 1070 g/mol. The van der Waals surface area contributed by atoms with Crippen LogP contribution in [0.25, 0.3) is 0 Å². The van der Waals surface area contributed by atoms with Crippen LogP contribution in [0.1, 0.15) is 329 Å². The van der Waals surface area contributed by atoms with E-state index in [2.05, 4.69) is 86.8 Å². The van der Waals surface area contributed by atoms with E-state index < -0.39 is 67.4 Å². The number of ether oxygens (including phenoxy) is 3. The van der Waals surface area contributed by atoms with Gasteiger partial charge in [-0.2, -0.15) is 0 Å². The van der Waals surface area contributed by atoms with Gasteiger partial charge in [0.05, 0.1) is 25.4 Å². The lowest BCUT2D eigenvalue weighted by molar-refractivity contribution is -0.305. The van der Waals surface area contributed by atoms with Crippen LogP contribution in [-0.2, 0) is 23.8 Å². The van der Waals surface area contributed by atoms with Crippen molar-refractivity contribution < 1.29 is 49.3 Å². The molecule has 8 atom stereocenters. The molecule has 0 aromatic rings. The lowest BCUT2D eigenvalue weighted by Crippen LogP contribution is -2.61. The zero-order valence-corrected chi connectivity index (χ0v) is 55.7. The van der Waals surface area contributed by atoms with Crippen LogP contribution in [0, 0.1) is 0 Å². The van der Waals surface area contributed by atoms with Crippen LogP contribution in [0.15, 0.2) is 72.9 Å². The van der Waals surface area contributed by atoms with Gasteiger partial charge in [0, 0.05) is 6.42 Å². The first kappa shape index (κ1) is 81.1. The summed E-state index contributed by atoms with van der Waals surface area (Å²) in [4.78, 5) is 26.7. The van der Waals surface area contributed by atoms with Gasteiger partial charge in [0.1, 0.15) is 24.4 Å². The summed E-state index contributed by atoms with van der Waals surface area (Å²) in [5.74, 6) is -1.22. The first-order chi connectivity index (χ1) is 42.2. The van der Waals surface area contributed by atoms with E-state index in [0.717, 1.165) is 77.0 Å². The van der Waals surface area contributed by atoms with Gasteiger partial charge in [-0.05, 0) is 96.3 Å². The summed E-state index contributed by atoms with van der Waals surface area (Å²) in [6.07, 6.45) is 70.9. The minimum atomic E-state index is -1.63. The number of aliphatic hydroxyl groups is 5. The van der Waals surface area contributed by atoms with Gasteiger partial charge in [0.2, 0.25) is 5.91 Å². The molecule has 11 nitrogen and oxygen atoms in total. The van der Waals surface area contributed by atoms with Crippen molar-refractivity contribution in [3.8, 4) is 0 Å². The molecule has 0 aromatic carbocycles. The van der Waals surface area contributed by atoms with Crippen LogP contribution < -0.4 is 5.32 Å². The fourth-order valence-electron chi connectivity index (χ4n) is 11.1. The average molecular weight is 1210 g/mol. The van der Waals surface area contributed by atoms with Crippen molar-refractivity contribution in [3.63, 3.8) is 0 Å². The predicted octanol–water partition coefficient (Wildman–Crippen LogP) is 18.7. The molecule has 0 bridgehead atoms. The minimum absolute atomic E-state index is 0.0851. The molecule has 1 aliphatic heterocycles.